The number of aromatic nitrogens is 2. The highest BCUT2D eigenvalue weighted by molar-refractivity contribution is 5.60. The second-order valence-corrected chi connectivity index (χ2v) is 3.04. The largest absolute Gasteiger partial charge is 1.00 e. The van der Waals surface area contributed by atoms with Crippen molar-refractivity contribution in [2.75, 3.05) is 0 Å². The lowest BCUT2D eigenvalue weighted by atomic mass is 10.1. The van der Waals surface area contributed by atoms with E-state index in [4.69, 9.17) is 0 Å². The molecule has 0 aromatic carbocycles. The minimum Gasteiger partial charge on any atom is -1.00 e. The molecule has 2 aromatic rings. The standard InChI is InChI=1S/C11H11N2.2BrH/c1-13-8-4-11(5-9-13)10-2-6-12-7-3-10;;/h2-9H,1H3;2*1H/q+1;;/p-1. The molecule has 4 heteroatoms. The molecule has 0 radical (unpaired) electrons. The summed E-state index contributed by atoms with van der Waals surface area (Å²) in [6.07, 6.45) is 7.96. The molecule has 1 N–H and O–H groups in total. The summed E-state index contributed by atoms with van der Waals surface area (Å²) in [5, 5.41) is 0. The minimum absolute atomic E-state index is 0. The fourth-order valence-electron chi connectivity index (χ4n) is 1.27. The molecule has 15 heavy (non-hydrogen) atoms. The Balaban J connectivity index is 0.000000980. The molecule has 0 aliphatic heterocycles. The van der Waals surface area contributed by atoms with Crippen LogP contribution < -0.4 is 43.5 Å². The van der Waals surface area contributed by atoms with Crippen LogP contribution in [0.15, 0.2) is 49.1 Å². The number of aryl methyl sites for hydroxylation is 1. The monoisotopic (exact) mass is 330 g/mol. The first kappa shape index (κ1) is 14.3. The van der Waals surface area contributed by atoms with Gasteiger partial charge in [0.25, 0.3) is 0 Å². The van der Waals surface area contributed by atoms with Crippen molar-refractivity contribution in [1.82, 2.24) is 0 Å². The number of nitrogens with zero attached hydrogens (tertiary/aromatic N) is 1. The number of nitrogens with one attached hydrogen (secondary N) is 1. The van der Waals surface area contributed by atoms with Crippen molar-refractivity contribution < 1.29 is 43.5 Å². The van der Waals surface area contributed by atoms with Gasteiger partial charge in [0.1, 0.15) is 7.05 Å². The van der Waals surface area contributed by atoms with Gasteiger partial charge in [-0.25, -0.2) is 9.55 Å². The second-order valence-electron chi connectivity index (χ2n) is 3.04. The van der Waals surface area contributed by atoms with Gasteiger partial charge in [-0.3, -0.25) is 0 Å². The van der Waals surface area contributed by atoms with E-state index < -0.39 is 0 Å². The first-order valence-electron chi connectivity index (χ1n) is 4.28. The molecular weight excluding hydrogens is 320 g/mol. The summed E-state index contributed by atoms with van der Waals surface area (Å²) in [7, 11) is 2.02. The number of rotatable bonds is 1. The van der Waals surface area contributed by atoms with Gasteiger partial charge in [-0.2, -0.15) is 0 Å². The molecule has 2 nitrogen and oxygen atoms in total. The number of halogens is 2. The normalized spacial score (nSPS) is 8.60. The maximum absolute atomic E-state index is 3.01. The molecule has 0 amide bonds. The fraction of sp³-hybridized carbons (Fsp3) is 0.0909. The van der Waals surface area contributed by atoms with Gasteiger partial charge in [0.2, 0.25) is 0 Å². The Labute approximate surface area is 111 Å². The molecule has 0 fully saturated rings. The summed E-state index contributed by atoms with van der Waals surface area (Å²) in [5.41, 5.74) is 2.48. The van der Waals surface area contributed by atoms with E-state index in [0.29, 0.717) is 0 Å². The van der Waals surface area contributed by atoms with E-state index in [1.807, 2.05) is 36.4 Å². The summed E-state index contributed by atoms with van der Waals surface area (Å²) >= 11 is 0. The van der Waals surface area contributed by atoms with Crippen LogP contribution in [-0.2, 0) is 7.05 Å². The van der Waals surface area contributed by atoms with Crippen molar-refractivity contribution >= 4 is 0 Å². The summed E-state index contributed by atoms with van der Waals surface area (Å²) in [5.74, 6) is 0. The Morgan fingerprint density at radius 1 is 0.867 bits per heavy atom. The maximum atomic E-state index is 3.01. The molecule has 0 saturated heterocycles. The Hall–Kier alpha value is -0.740. The Morgan fingerprint density at radius 3 is 1.87 bits per heavy atom. The van der Waals surface area contributed by atoms with Gasteiger partial charge < -0.3 is 34.0 Å². The first-order chi connectivity index (χ1) is 6.36. The summed E-state index contributed by atoms with van der Waals surface area (Å²) in [6, 6.07) is 8.34. The SMILES string of the molecule is C[n+]1ccc(-c2cc[nH+]cc2)cc1.[Br-].[Br-]. The summed E-state index contributed by atoms with van der Waals surface area (Å²) < 4.78 is 2.03. The lowest BCUT2D eigenvalue weighted by molar-refractivity contribution is -0.671. The predicted molar refractivity (Wildman–Crippen MR) is 49.6 cm³/mol. The highest BCUT2D eigenvalue weighted by atomic mass is 79.9. The number of H-pyrrole nitrogens is 1. The molecule has 2 heterocycles. The average Bonchev–Trinajstić information content (AvgIpc) is 2.20. The molecule has 0 aliphatic rings. The molecular formula is C11H12Br2N2. The quantitative estimate of drug-likeness (QED) is 0.466. The average molecular weight is 332 g/mol. The van der Waals surface area contributed by atoms with Gasteiger partial charge in [0.15, 0.2) is 24.8 Å². The van der Waals surface area contributed by atoms with Gasteiger partial charge in [0, 0.05) is 24.3 Å². The zero-order valence-electron chi connectivity index (χ0n) is 8.32. The van der Waals surface area contributed by atoms with Crippen LogP contribution in [0.2, 0.25) is 0 Å². The second kappa shape index (κ2) is 6.69. The Bertz CT molecular complexity index is 387. The van der Waals surface area contributed by atoms with E-state index in [1.165, 1.54) is 11.1 Å². The van der Waals surface area contributed by atoms with Crippen LogP contribution in [0.3, 0.4) is 0 Å². The highest BCUT2D eigenvalue weighted by Gasteiger charge is 1.99. The van der Waals surface area contributed by atoms with Crippen LogP contribution in [0.1, 0.15) is 0 Å². The van der Waals surface area contributed by atoms with Gasteiger partial charge in [0.05, 0.1) is 0 Å². The molecule has 0 bridgehead atoms. The topological polar surface area (TPSA) is 18.0 Å². The molecule has 2 rings (SSSR count). The fourth-order valence-corrected chi connectivity index (χ4v) is 1.27. The van der Waals surface area contributed by atoms with E-state index in [0.717, 1.165) is 0 Å². The van der Waals surface area contributed by atoms with Crippen LogP contribution in [0.4, 0.5) is 0 Å². The minimum atomic E-state index is 0. The van der Waals surface area contributed by atoms with E-state index in [9.17, 15) is 0 Å². The lowest BCUT2D eigenvalue weighted by Gasteiger charge is -1.95. The number of hydrogen-bond acceptors (Lipinski definition) is 0. The number of pyridine rings is 2. The van der Waals surface area contributed by atoms with Crippen LogP contribution >= 0.6 is 0 Å². The highest BCUT2D eigenvalue weighted by Crippen LogP contribution is 2.14. The van der Waals surface area contributed by atoms with E-state index >= 15 is 0 Å². The van der Waals surface area contributed by atoms with Gasteiger partial charge in [-0.15, -0.1) is 0 Å². The number of hydrogen-bond donors (Lipinski definition) is 0. The van der Waals surface area contributed by atoms with Crippen molar-refractivity contribution in [3.05, 3.63) is 49.1 Å². The molecule has 0 atom stereocenters. The van der Waals surface area contributed by atoms with Crippen LogP contribution in [-0.4, -0.2) is 0 Å². The Kier molecular flexibility index (Phi) is 6.36. The third kappa shape index (κ3) is 3.72. The van der Waals surface area contributed by atoms with Crippen LogP contribution in [0.25, 0.3) is 11.1 Å². The smallest absolute Gasteiger partial charge is 0.169 e. The van der Waals surface area contributed by atoms with E-state index in [2.05, 4.69) is 29.2 Å². The molecule has 0 saturated carbocycles. The lowest BCUT2D eigenvalue weighted by Crippen LogP contribution is -3.00. The Morgan fingerprint density at radius 2 is 1.33 bits per heavy atom. The molecule has 0 spiro atoms. The maximum Gasteiger partial charge on any atom is 0.169 e. The van der Waals surface area contributed by atoms with Crippen molar-refractivity contribution in [1.29, 1.82) is 0 Å². The van der Waals surface area contributed by atoms with Crippen molar-refractivity contribution in [2.24, 2.45) is 7.05 Å². The van der Waals surface area contributed by atoms with Crippen molar-refractivity contribution in [3.8, 4) is 11.1 Å². The van der Waals surface area contributed by atoms with E-state index in [-0.39, 0.29) is 34.0 Å². The third-order valence-corrected chi connectivity index (χ3v) is 2.03. The molecule has 0 aliphatic carbocycles. The van der Waals surface area contributed by atoms with Gasteiger partial charge in [-0.1, -0.05) is 0 Å². The predicted octanol–water partition coefficient (Wildman–Crippen LogP) is -5.00. The molecule has 0 unspecified atom stereocenters. The first-order valence-corrected chi connectivity index (χ1v) is 4.28. The number of aromatic amines is 1. The van der Waals surface area contributed by atoms with Crippen molar-refractivity contribution in [2.45, 2.75) is 0 Å². The third-order valence-electron chi connectivity index (χ3n) is 2.03. The van der Waals surface area contributed by atoms with Gasteiger partial charge >= 0.3 is 0 Å². The van der Waals surface area contributed by atoms with Gasteiger partial charge in [-0.05, 0) is 11.1 Å². The zero-order valence-corrected chi connectivity index (χ0v) is 11.5. The summed E-state index contributed by atoms with van der Waals surface area (Å²) in [6.45, 7) is 0. The molecule has 80 valence electrons. The van der Waals surface area contributed by atoms with Crippen LogP contribution in [0.5, 0.6) is 0 Å². The molecule has 2 aromatic heterocycles. The summed E-state index contributed by atoms with van der Waals surface area (Å²) in [4.78, 5) is 3.01. The van der Waals surface area contributed by atoms with Crippen molar-refractivity contribution in [3.63, 3.8) is 0 Å². The zero-order chi connectivity index (χ0) is 9.10. The van der Waals surface area contributed by atoms with Crippen LogP contribution in [0, 0.1) is 0 Å². The van der Waals surface area contributed by atoms with E-state index in [1.54, 1.807) is 0 Å².